The van der Waals surface area contributed by atoms with E-state index in [-0.39, 0.29) is 17.4 Å². The van der Waals surface area contributed by atoms with Gasteiger partial charge in [0.15, 0.2) is 0 Å². The minimum absolute atomic E-state index is 0.0941. The average molecular weight is 341 g/mol. The third-order valence-corrected chi connectivity index (χ3v) is 4.78. The summed E-state index contributed by atoms with van der Waals surface area (Å²) in [6, 6.07) is 0. The summed E-state index contributed by atoms with van der Waals surface area (Å²) in [5.41, 5.74) is -1.64. The van der Waals surface area contributed by atoms with Crippen molar-refractivity contribution in [3.8, 4) is 0 Å². The van der Waals surface area contributed by atoms with Crippen LogP contribution in [-0.4, -0.2) is 51.5 Å². The van der Waals surface area contributed by atoms with E-state index >= 15 is 0 Å². The molecule has 0 bridgehead atoms. The van der Waals surface area contributed by atoms with E-state index in [4.69, 9.17) is 9.47 Å². The second-order valence-corrected chi connectivity index (χ2v) is 9.30. The smallest absolute Gasteiger partial charge is 0.417 e. The molecule has 2 unspecified atom stereocenters. The lowest BCUT2D eigenvalue weighted by Crippen LogP contribution is -2.48. The number of aliphatic hydroxyl groups excluding tert-OH is 1. The van der Waals surface area contributed by atoms with Gasteiger partial charge >= 0.3 is 6.09 Å². The maximum atomic E-state index is 12.8. The highest BCUT2D eigenvalue weighted by Crippen LogP contribution is 2.41. The maximum absolute atomic E-state index is 12.8. The van der Waals surface area contributed by atoms with Crippen LogP contribution in [0.4, 0.5) is 4.79 Å². The molecule has 2 saturated heterocycles. The number of hydrogen-bond donors (Lipinski definition) is 1. The standard InChI is InChI=1S/C18H31NO5/c1-16(2,3)24-15(22)19-14(21)12(9-17(19,4)5)13(20)11-8-18(6,7)23-10-11/h11-13,20H,8-10H2,1-7H3/t11-,12?,13?/m1/s1. The van der Waals surface area contributed by atoms with E-state index in [0.717, 1.165) is 0 Å². The van der Waals surface area contributed by atoms with Crippen LogP contribution in [0.2, 0.25) is 0 Å². The number of carbonyl (C=O) groups is 2. The molecular formula is C18H31NO5. The normalized spacial score (nSPS) is 30.5. The Morgan fingerprint density at radius 1 is 1.29 bits per heavy atom. The van der Waals surface area contributed by atoms with Crippen molar-refractivity contribution < 1.29 is 24.2 Å². The minimum Gasteiger partial charge on any atom is -0.443 e. The van der Waals surface area contributed by atoms with Gasteiger partial charge in [-0.25, -0.2) is 9.69 Å². The van der Waals surface area contributed by atoms with Gasteiger partial charge in [0.2, 0.25) is 5.91 Å². The summed E-state index contributed by atoms with van der Waals surface area (Å²) in [6.45, 7) is 13.4. The summed E-state index contributed by atoms with van der Waals surface area (Å²) in [7, 11) is 0. The first kappa shape index (κ1) is 19.2. The van der Waals surface area contributed by atoms with Crippen LogP contribution in [0.25, 0.3) is 0 Å². The van der Waals surface area contributed by atoms with Crippen LogP contribution in [0, 0.1) is 11.8 Å². The first-order valence-electron chi connectivity index (χ1n) is 8.63. The Morgan fingerprint density at radius 2 is 1.88 bits per heavy atom. The SMILES string of the molecule is CC(C)(C)OC(=O)N1C(=O)C(C(O)[C@H]2COC(C)(C)C2)CC1(C)C. The topological polar surface area (TPSA) is 76.1 Å². The van der Waals surface area contributed by atoms with Crippen molar-refractivity contribution in [2.45, 2.75) is 84.2 Å². The molecule has 1 N–H and O–H groups in total. The van der Waals surface area contributed by atoms with Crippen molar-refractivity contribution in [3.05, 3.63) is 0 Å². The Kier molecular flexibility index (Phi) is 4.79. The monoisotopic (exact) mass is 341 g/mol. The Morgan fingerprint density at radius 3 is 2.33 bits per heavy atom. The number of hydrogen-bond acceptors (Lipinski definition) is 5. The molecule has 0 spiro atoms. The highest BCUT2D eigenvalue weighted by atomic mass is 16.6. The first-order chi connectivity index (χ1) is 10.7. The fourth-order valence-corrected chi connectivity index (χ4v) is 3.72. The molecule has 2 fully saturated rings. The van der Waals surface area contributed by atoms with Gasteiger partial charge < -0.3 is 14.6 Å². The predicted molar refractivity (Wildman–Crippen MR) is 89.4 cm³/mol. The molecule has 2 aliphatic rings. The van der Waals surface area contributed by atoms with Crippen molar-refractivity contribution in [2.75, 3.05) is 6.61 Å². The van der Waals surface area contributed by atoms with E-state index in [1.807, 2.05) is 27.7 Å². The molecule has 2 heterocycles. The number of amides is 2. The molecule has 2 aliphatic heterocycles. The lowest BCUT2D eigenvalue weighted by Gasteiger charge is -2.31. The van der Waals surface area contributed by atoms with Gasteiger partial charge in [-0.05, 0) is 61.3 Å². The summed E-state index contributed by atoms with van der Waals surface area (Å²) in [6.07, 6.45) is -0.338. The fourth-order valence-electron chi connectivity index (χ4n) is 3.72. The summed E-state index contributed by atoms with van der Waals surface area (Å²) in [5, 5.41) is 10.7. The van der Waals surface area contributed by atoms with Crippen LogP contribution in [0.15, 0.2) is 0 Å². The number of imide groups is 1. The zero-order valence-corrected chi connectivity index (χ0v) is 15.9. The number of carbonyl (C=O) groups excluding carboxylic acids is 2. The van der Waals surface area contributed by atoms with Gasteiger partial charge in [0.25, 0.3) is 0 Å². The Labute approximate surface area is 144 Å². The van der Waals surface area contributed by atoms with Gasteiger partial charge in [-0.15, -0.1) is 0 Å². The minimum atomic E-state index is -0.814. The number of rotatable bonds is 2. The average Bonchev–Trinajstić information content (AvgIpc) is 2.83. The molecule has 0 radical (unpaired) electrons. The van der Waals surface area contributed by atoms with Gasteiger partial charge in [-0.1, -0.05) is 0 Å². The fraction of sp³-hybridized carbons (Fsp3) is 0.889. The molecular weight excluding hydrogens is 310 g/mol. The van der Waals surface area contributed by atoms with Crippen LogP contribution >= 0.6 is 0 Å². The van der Waals surface area contributed by atoms with Crippen LogP contribution in [0.5, 0.6) is 0 Å². The first-order valence-corrected chi connectivity index (χ1v) is 8.63. The van der Waals surface area contributed by atoms with Gasteiger partial charge in [0.05, 0.1) is 24.2 Å². The van der Waals surface area contributed by atoms with E-state index in [1.165, 1.54) is 4.90 Å². The van der Waals surface area contributed by atoms with Crippen molar-refractivity contribution >= 4 is 12.0 Å². The highest BCUT2D eigenvalue weighted by molar-refractivity contribution is 5.96. The van der Waals surface area contributed by atoms with E-state index < -0.39 is 29.3 Å². The lowest BCUT2D eigenvalue weighted by atomic mass is 9.83. The summed E-state index contributed by atoms with van der Waals surface area (Å²) in [5.74, 6) is -1.05. The van der Waals surface area contributed by atoms with Crippen LogP contribution < -0.4 is 0 Å². The highest BCUT2D eigenvalue weighted by Gasteiger charge is 2.54. The van der Waals surface area contributed by atoms with Crippen LogP contribution in [0.3, 0.4) is 0 Å². The maximum Gasteiger partial charge on any atom is 0.417 e. The number of nitrogens with zero attached hydrogens (tertiary/aromatic N) is 1. The van der Waals surface area contributed by atoms with Gasteiger partial charge in [0.1, 0.15) is 5.60 Å². The van der Waals surface area contributed by atoms with Crippen molar-refractivity contribution in [2.24, 2.45) is 11.8 Å². The Balaban J connectivity index is 2.15. The Hall–Kier alpha value is -1.14. The Bertz CT molecular complexity index is 520. The van der Waals surface area contributed by atoms with Crippen molar-refractivity contribution in [3.63, 3.8) is 0 Å². The number of likely N-dealkylation sites (tertiary alicyclic amines) is 1. The van der Waals surface area contributed by atoms with Crippen molar-refractivity contribution in [1.29, 1.82) is 0 Å². The molecule has 6 heteroatoms. The van der Waals surface area contributed by atoms with E-state index in [9.17, 15) is 14.7 Å². The largest absolute Gasteiger partial charge is 0.443 e. The molecule has 0 aliphatic carbocycles. The second-order valence-electron chi connectivity index (χ2n) is 9.30. The molecule has 0 aromatic rings. The summed E-state index contributed by atoms with van der Waals surface area (Å²) >= 11 is 0. The molecule has 24 heavy (non-hydrogen) atoms. The van der Waals surface area contributed by atoms with Gasteiger partial charge in [-0.2, -0.15) is 0 Å². The van der Waals surface area contributed by atoms with E-state index in [2.05, 4.69) is 0 Å². The summed E-state index contributed by atoms with van der Waals surface area (Å²) < 4.78 is 11.1. The second kappa shape index (κ2) is 5.99. The van der Waals surface area contributed by atoms with Crippen LogP contribution in [0.1, 0.15) is 61.3 Å². The predicted octanol–water partition coefficient (Wildman–Crippen LogP) is 2.72. The van der Waals surface area contributed by atoms with Gasteiger partial charge in [-0.3, -0.25) is 4.79 Å². The molecule has 138 valence electrons. The third-order valence-electron chi connectivity index (χ3n) is 4.78. The van der Waals surface area contributed by atoms with Crippen molar-refractivity contribution in [1.82, 2.24) is 4.90 Å². The van der Waals surface area contributed by atoms with E-state index in [1.54, 1.807) is 20.8 Å². The summed E-state index contributed by atoms with van der Waals surface area (Å²) in [4.78, 5) is 26.5. The van der Waals surface area contributed by atoms with E-state index in [0.29, 0.717) is 19.4 Å². The van der Waals surface area contributed by atoms with Gasteiger partial charge in [0, 0.05) is 11.5 Å². The van der Waals surface area contributed by atoms with Crippen LogP contribution in [-0.2, 0) is 14.3 Å². The zero-order chi connectivity index (χ0) is 18.5. The molecule has 3 atom stereocenters. The molecule has 6 nitrogen and oxygen atoms in total. The lowest BCUT2D eigenvalue weighted by molar-refractivity contribution is -0.135. The molecule has 0 saturated carbocycles. The molecule has 2 rings (SSSR count). The molecule has 0 aromatic heterocycles. The molecule has 0 aromatic carbocycles. The number of aliphatic hydroxyl groups is 1. The zero-order valence-electron chi connectivity index (χ0n) is 15.9. The quantitative estimate of drug-likeness (QED) is 0.836. The third kappa shape index (κ3) is 3.91. The molecule has 2 amide bonds. The number of ether oxygens (including phenoxy) is 2.